The minimum atomic E-state index is -0.488. The van der Waals surface area contributed by atoms with Crippen LogP contribution in [0.25, 0.3) is 0 Å². The molecule has 0 bridgehead atoms. The Kier molecular flexibility index (Phi) is 5.80. The summed E-state index contributed by atoms with van der Waals surface area (Å²) in [6.07, 6.45) is 7.27. The number of imide groups is 1. The van der Waals surface area contributed by atoms with Gasteiger partial charge in [0.25, 0.3) is 5.91 Å². The Labute approximate surface area is 132 Å². The van der Waals surface area contributed by atoms with Crippen molar-refractivity contribution in [3.8, 4) is 0 Å². The first-order chi connectivity index (χ1) is 10.5. The van der Waals surface area contributed by atoms with E-state index in [0.717, 1.165) is 30.6 Å². The summed E-state index contributed by atoms with van der Waals surface area (Å²) >= 11 is 0. The molecule has 1 aliphatic carbocycles. The highest BCUT2D eigenvalue weighted by Gasteiger charge is 2.39. The fraction of sp³-hybridized carbons (Fsp3) is 0.812. The minimum absolute atomic E-state index is 0.171. The second kappa shape index (κ2) is 7.61. The van der Waals surface area contributed by atoms with E-state index >= 15 is 0 Å². The molecule has 0 spiro atoms. The van der Waals surface area contributed by atoms with Crippen LogP contribution in [-0.2, 0) is 9.59 Å². The van der Waals surface area contributed by atoms with Crippen molar-refractivity contribution >= 4 is 17.8 Å². The molecule has 2 rings (SSSR count). The molecule has 1 atom stereocenters. The second-order valence-corrected chi connectivity index (χ2v) is 6.81. The average molecular weight is 309 g/mol. The Morgan fingerprint density at radius 2 is 1.86 bits per heavy atom. The highest BCUT2D eigenvalue weighted by molar-refractivity contribution is 6.06. The van der Waals surface area contributed by atoms with Gasteiger partial charge in [-0.15, -0.1) is 0 Å². The lowest BCUT2D eigenvalue weighted by molar-refractivity contribution is -0.132. The van der Waals surface area contributed by atoms with Crippen LogP contribution in [0.2, 0.25) is 0 Å². The molecule has 22 heavy (non-hydrogen) atoms. The van der Waals surface area contributed by atoms with Crippen LogP contribution in [-0.4, -0.2) is 41.4 Å². The van der Waals surface area contributed by atoms with Gasteiger partial charge in [0.2, 0.25) is 5.91 Å². The van der Waals surface area contributed by atoms with Crippen LogP contribution in [0, 0.1) is 5.92 Å². The molecule has 0 unspecified atom stereocenters. The fourth-order valence-electron chi connectivity index (χ4n) is 3.20. The van der Waals surface area contributed by atoms with Gasteiger partial charge in [-0.2, -0.15) is 0 Å². The molecule has 0 aromatic carbocycles. The van der Waals surface area contributed by atoms with Crippen molar-refractivity contribution in [2.24, 2.45) is 5.92 Å². The van der Waals surface area contributed by atoms with Crippen LogP contribution in [0.3, 0.4) is 0 Å². The van der Waals surface area contributed by atoms with Gasteiger partial charge >= 0.3 is 6.03 Å². The number of nitrogens with one attached hydrogen (secondary N) is 2. The zero-order chi connectivity index (χ0) is 16.1. The fourth-order valence-corrected chi connectivity index (χ4v) is 3.20. The van der Waals surface area contributed by atoms with Crippen molar-refractivity contribution < 1.29 is 14.4 Å². The van der Waals surface area contributed by atoms with Crippen LogP contribution in [0.1, 0.15) is 58.8 Å². The molecule has 1 saturated carbocycles. The molecule has 0 radical (unpaired) electrons. The summed E-state index contributed by atoms with van der Waals surface area (Å²) in [6, 6.07) is -0.757. The molecule has 1 aliphatic heterocycles. The molecular weight excluding hydrogens is 282 g/mol. The van der Waals surface area contributed by atoms with E-state index in [4.69, 9.17) is 0 Å². The molecule has 2 aliphatic rings. The third kappa shape index (κ3) is 4.45. The van der Waals surface area contributed by atoms with Crippen LogP contribution >= 0.6 is 0 Å². The maximum atomic E-state index is 12.2. The van der Waals surface area contributed by atoms with Crippen molar-refractivity contribution in [2.75, 3.05) is 6.54 Å². The first-order valence-electron chi connectivity index (χ1n) is 8.38. The SMILES string of the molecule is CC(C)C[C@H]1NC(=O)N(CC(=O)NC2CCCCCC2)C1=O. The number of nitrogens with zero attached hydrogens (tertiary/aromatic N) is 1. The number of rotatable bonds is 5. The van der Waals surface area contributed by atoms with E-state index in [9.17, 15) is 14.4 Å². The molecule has 6 nitrogen and oxygen atoms in total. The summed E-state index contributed by atoms with van der Waals surface area (Å²) in [5.41, 5.74) is 0. The summed E-state index contributed by atoms with van der Waals surface area (Å²) < 4.78 is 0. The molecule has 2 N–H and O–H groups in total. The second-order valence-electron chi connectivity index (χ2n) is 6.81. The van der Waals surface area contributed by atoms with Crippen molar-refractivity contribution in [3.63, 3.8) is 0 Å². The third-order valence-electron chi connectivity index (χ3n) is 4.34. The Bertz CT molecular complexity index is 428. The summed E-state index contributed by atoms with van der Waals surface area (Å²) in [5.74, 6) is -0.204. The molecule has 0 aromatic heterocycles. The molecule has 124 valence electrons. The first kappa shape index (κ1) is 16.8. The normalized spacial score (nSPS) is 23.6. The van der Waals surface area contributed by atoms with E-state index in [-0.39, 0.29) is 24.4 Å². The lowest BCUT2D eigenvalue weighted by atomic mass is 10.0. The van der Waals surface area contributed by atoms with Crippen molar-refractivity contribution in [3.05, 3.63) is 0 Å². The van der Waals surface area contributed by atoms with Crippen molar-refractivity contribution in [2.45, 2.75) is 70.9 Å². The average Bonchev–Trinajstić information content (AvgIpc) is 2.64. The molecule has 0 aromatic rings. The molecule has 2 fully saturated rings. The summed E-state index contributed by atoms with van der Waals surface area (Å²) in [6.45, 7) is 3.83. The van der Waals surface area contributed by atoms with Crippen LogP contribution in [0.5, 0.6) is 0 Å². The third-order valence-corrected chi connectivity index (χ3v) is 4.34. The lowest BCUT2D eigenvalue weighted by Crippen LogP contribution is -2.44. The quantitative estimate of drug-likeness (QED) is 0.600. The largest absolute Gasteiger partial charge is 0.352 e. The maximum absolute atomic E-state index is 12.2. The van der Waals surface area contributed by atoms with Crippen molar-refractivity contribution in [1.82, 2.24) is 15.5 Å². The van der Waals surface area contributed by atoms with Gasteiger partial charge in [0.05, 0.1) is 0 Å². The first-order valence-corrected chi connectivity index (χ1v) is 8.38. The van der Waals surface area contributed by atoms with Gasteiger partial charge in [0, 0.05) is 6.04 Å². The lowest BCUT2D eigenvalue weighted by Gasteiger charge is -2.18. The Balaban J connectivity index is 1.85. The molecular formula is C16H27N3O3. The molecule has 1 heterocycles. The van der Waals surface area contributed by atoms with Gasteiger partial charge in [0.1, 0.15) is 12.6 Å². The number of hydrogen-bond acceptors (Lipinski definition) is 3. The number of hydrogen-bond donors (Lipinski definition) is 2. The van der Waals surface area contributed by atoms with Gasteiger partial charge in [-0.05, 0) is 25.2 Å². The summed E-state index contributed by atoms with van der Waals surface area (Å²) in [4.78, 5) is 37.2. The van der Waals surface area contributed by atoms with E-state index in [1.54, 1.807) is 0 Å². The smallest absolute Gasteiger partial charge is 0.325 e. The number of carbonyl (C=O) groups excluding carboxylic acids is 3. The van der Waals surface area contributed by atoms with Gasteiger partial charge in [-0.25, -0.2) is 4.79 Å². The Morgan fingerprint density at radius 1 is 1.23 bits per heavy atom. The monoisotopic (exact) mass is 309 g/mol. The van der Waals surface area contributed by atoms with Gasteiger partial charge in [-0.1, -0.05) is 39.5 Å². The zero-order valence-electron chi connectivity index (χ0n) is 13.6. The molecule has 1 saturated heterocycles. The predicted octanol–water partition coefficient (Wildman–Crippen LogP) is 1.79. The maximum Gasteiger partial charge on any atom is 0.325 e. The van der Waals surface area contributed by atoms with Crippen LogP contribution in [0.15, 0.2) is 0 Å². The molecule has 4 amide bonds. The highest BCUT2D eigenvalue weighted by Crippen LogP contribution is 2.18. The minimum Gasteiger partial charge on any atom is -0.352 e. The number of carbonyl (C=O) groups is 3. The Morgan fingerprint density at radius 3 is 2.45 bits per heavy atom. The van der Waals surface area contributed by atoms with E-state index in [1.807, 2.05) is 13.8 Å². The van der Waals surface area contributed by atoms with Gasteiger partial charge in [-0.3, -0.25) is 14.5 Å². The van der Waals surface area contributed by atoms with Gasteiger partial charge < -0.3 is 10.6 Å². The van der Waals surface area contributed by atoms with E-state index in [2.05, 4.69) is 10.6 Å². The van der Waals surface area contributed by atoms with E-state index in [0.29, 0.717) is 12.3 Å². The number of urea groups is 1. The van der Waals surface area contributed by atoms with Crippen molar-refractivity contribution in [1.29, 1.82) is 0 Å². The highest BCUT2D eigenvalue weighted by atomic mass is 16.2. The topological polar surface area (TPSA) is 78.5 Å². The summed E-state index contributed by atoms with van der Waals surface area (Å²) in [5, 5.41) is 5.63. The number of amides is 4. The standard InChI is InChI=1S/C16H27N3O3/c1-11(2)9-13-15(21)19(16(22)18-13)10-14(20)17-12-7-5-3-4-6-8-12/h11-13H,3-10H2,1-2H3,(H,17,20)(H,18,22)/t13-/m1/s1. The van der Waals surface area contributed by atoms with Gasteiger partial charge in [0.15, 0.2) is 0 Å². The Hall–Kier alpha value is -1.59. The molecule has 6 heteroatoms. The van der Waals surface area contributed by atoms with Crippen LogP contribution < -0.4 is 10.6 Å². The zero-order valence-corrected chi connectivity index (χ0v) is 13.6. The summed E-state index contributed by atoms with van der Waals surface area (Å²) in [7, 11) is 0. The van der Waals surface area contributed by atoms with E-state index in [1.165, 1.54) is 12.8 Å². The van der Waals surface area contributed by atoms with Crippen LogP contribution in [0.4, 0.5) is 4.79 Å². The predicted molar refractivity (Wildman–Crippen MR) is 83.1 cm³/mol. The van der Waals surface area contributed by atoms with E-state index < -0.39 is 12.1 Å².